The molecule has 12 unspecified atom stereocenters. The number of ether oxygens (including phenoxy) is 9. The fourth-order valence-electron chi connectivity index (χ4n) is 15.1. The number of nitrogens with two attached hydrogens (primary N) is 3. The molecule has 1 saturated carbocycles. The highest BCUT2D eigenvalue weighted by Gasteiger charge is 2.52. The van der Waals surface area contributed by atoms with Crippen LogP contribution in [0.15, 0.2) is 115 Å². The first-order chi connectivity index (χ1) is 58.0. The number of aliphatic hydroxyl groups excluding tert-OH is 10. The first-order valence-electron chi connectivity index (χ1n) is 37.6. The van der Waals surface area contributed by atoms with E-state index in [1.807, 2.05) is 0 Å². The van der Waals surface area contributed by atoms with Gasteiger partial charge in [-0.2, -0.15) is 0 Å². The van der Waals surface area contributed by atoms with Crippen molar-refractivity contribution in [2.45, 2.75) is 154 Å². The van der Waals surface area contributed by atoms with Gasteiger partial charge in [-0.1, -0.05) is 47.5 Å². The van der Waals surface area contributed by atoms with Crippen LogP contribution in [0.3, 0.4) is 0 Å². The van der Waals surface area contributed by atoms with Crippen LogP contribution in [0.5, 0.6) is 69.0 Å². The van der Waals surface area contributed by atoms with E-state index in [2.05, 4.69) is 31.9 Å². The van der Waals surface area contributed by atoms with Gasteiger partial charge in [0.1, 0.15) is 144 Å². The van der Waals surface area contributed by atoms with Crippen LogP contribution in [0, 0.1) is 5.92 Å². The maximum absolute atomic E-state index is 16.8. The molecule has 7 amide bonds. The number of fused-ring (bicyclic) bond motifs is 13. The minimum absolute atomic E-state index is 0.0430. The number of phenolic OH excluding ortho intramolecular Hbond substituents is 4. The second-order valence-corrected chi connectivity index (χ2v) is 30.6. The first-order valence-corrected chi connectivity index (χ1v) is 38.3. The molecule has 11 bridgehead atoms. The van der Waals surface area contributed by atoms with E-state index in [4.69, 9.17) is 83.0 Å². The number of phenols is 4. The lowest BCUT2D eigenvalue weighted by atomic mass is 9.89. The molecule has 16 rings (SSSR count). The van der Waals surface area contributed by atoms with Crippen molar-refractivity contribution in [1.29, 1.82) is 0 Å². The number of halogens is 2. The topological polar surface area (TPSA) is 673 Å². The van der Waals surface area contributed by atoms with Crippen molar-refractivity contribution in [3.05, 3.63) is 164 Å². The van der Waals surface area contributed by atoms with Crippen LogP contribution < -0.4 is 72.8 Å². The van der Waals surface area contributed by atoms with Crippen LogP contribution in [0.4, 0.5) is 0 Å². The Morgan fingerprint density at radius 3 is 1.70 bits per heavy atom. The number of benzene rings is 7. The lowest BCUT2D eigenvalue weighted by Crippen LogP contribution is -2.65. The fraction of sp³-hybridized carbons (Fsp3) is 0.367. The molecule has 1 aliphatic carbocycles. The summed E-state index contributed by atoms with van der Waals surface area (Å²) in [6.07, 6.45) is -27.9. The summed E-state index contributed by atoms with van der Waals surface area (Å²) in [6, 6.07) is 3.52. The maximum atomic E-state index is 16.8. The number of hydrogen-bond acceptors (Lipinski definition) is 33. The van der Waals surface area contributed by atoms with Crippen molar-refractivity contribution in [2.24, 2.45) is 23.1 Å². The normalized spacial score (nSPS) is 30.3. The molecule has 8 heterocycles. The molecular formula is C79H81Cl2N9O32. The van der Waals surface area contributed by atoms with Crippen molar-refractivity contribution in [3.8, 4) is 80.1 Å². The number of carbonyl (C=O) groups excluding carboxylic acids is 7. The number of hydrogen-bond donors (Lipinski definition) is 24. The van der Waals surface area contributed by atoms with Crippen LogP contribution in [-0.4, -0.2) is 242 Å². The molecule has 0 radical (unpaired) electrons. The highest BCUT2D eigenvalue weighted by Crippen LogP contribution is 2.53. The van der Waals surface area contributed by atoms with Crippen LogP contribution in [0.25, 0.3) is 11.1 Å². The minimum atomic E-state index is -2.56. The zero-order chi connectivity index (χ0) is 87.6. The second kappa shape index (κ2) is 35.1. The summed E-state index contributed by atoms with van der Waals surface area (Å²) in [6.45, 7) is -2.08. The molecule has 4 fully saturated rings. The van der Waals surface area contributed by atoms with Crippen molar-refractivity contribution >= 4 is 70.5 Å². The Labute approximate surface area is 697 Å². The average Bonchev–Trinajstić information content (AvgIpc) is 0.994. The Balaban J connectivity index is 1.02. The Kier molecular flexibility index (Phi) is 25.0. The molecule has 9 aliphatic rings. The van der Waals surface area contributed by atoms with Crippen molar-refractivity contribution < 1.29 is 158 Å². The minimum Gasteiger partial charge on any atom is -0.508 e. The van der Waals surface area contributed by atoms with Gasteiger partial charge >= 0.3 is 5.97 Å². The van der Waals surface area contributed by atoms with Gasteiger partial charge in [-0.15, -0.1) is 0 Å². The Morgan fingerprint density at radius 2 is 1.08 bits per heavy atom. The van der Waals surface area contributed by atoms with E-state index in [-0.39, 0.29) is 45.4 Å². The van der Waals surface area contributed by atoms with E-state index < -0.39 is 298 Å². The third kappa shape index (κ3) is 17.4. The smallest absolute Gasteiger partial charge is 0.330 e. The van der Waals surface area contributed by atoms with Crippen molar-refractivity contribution in [2.75, 3.05) is 19.8 Å². The third-order valence-electron chi connectivity index (χ3n) is 21.6. The highest BCUT2D eigenvalue weighted by molar-refractivity contribution is 6.32. The van der Waals surface area contributed by atoms with Gasteiger partial charge < -0.3 is 168 Å². The van der Waals surface area contributed by atoms with Crippen molar-refractivity contribution in [1.82, 2.24) is 31.9 Å². The molecule has 8 aliphatic heterocycles. The van der Waals surface area contributed by atoms with Gasteiger partial charge in [0.2, 0.25) is 59.7 Å². The number of carboxylic acid groups (broad SMARTS) is 1. The van der Waals surface area contributed by atoms with Gasteiger partial charge in [0, 0.05) is 41.7 Å². The summed E-state index contributed by atoms with van der Waals surface area (Å²) < 4.78 is 56.5. The first kappa shape index (κ1) is 86.8. The number of rotatable bonds is 16. The Bertz CT molecular complexity index is 5280. The SMILES string of the molecule is CC(=O)NC1[C@H](OC2c3ccc(c(Cl)c3)Oc3cc4cc(c3O[C@@H]3O[C@H](CO)C(O)[C@H](O)C3N)Oc3ccc(cc3Cl)C3C[C@H]3C(=O)N[C@@H](c3cc(O)cc(Oc5cc(C(N)C(N)=O)ccc5O)c3)C(=O)N[C@H]4C(=O)NC3C(=O)NC2C(=O)N[C@@H](C(=O)O)c2cc(O)cc(O[C@H]4OC(CO)[C@@H](O)C(O)C4O)c2-c2cc3ccc2O)O[C@H](CO)C(O)[C@@H]1O. The molecule has 3 saturated heterocycles. The summed E-state index contributed by atoms with van der Waals surface area (Å²) >= 11 is 14.5. The van der Waals surface area contributed by atoms with Crippen LogP contribution in [0.1, 0.15) is 94.5 Å². The number of aliphatic hydroxyl groups is 10. The predicted octanol–water partition coefficient (Wildman–Crippen LogP) is -1.59. The number of nitrogens with one attached hydrogen (secondary N) is 6. The Hall–Kier alpha value is -11.6. The second-order valence-electron chi connectivity index (χ2n) is 29.8. The molecular weight excluding hydrogens is 1660 g/mol. The van der Waals surface area contributed by atoms with Gasteiger partial charge in [0.15, 0.2) is 35.3 Å². The summed E-state index contributed by atoms with van der Waals surface area (Å²) in [5, 5.41) is 183. The molecule has 0 spiro atoms. The summed E-state index contributed by atoms with van der Waals surface area (Å²) in [7, 11) is 0. The number of aromatic hydroxyl groups is 4. The predicted molar refractivity (Wildman–Crippen MR) is 411 cm³/mol. The Morgan fingerprint density at radius 1 is 0.533 bits per heavy atom. The molecule has 7 aromatic rings. The largest absolute Gasteiger partial charge is 0.508 e. The van der Waals surface area contributed by atoms with E-state index in [0.29, 0.717) is 5.56 Å². The third-order valence-corrected chi connectivity index (χ3v) is 22.2. The average molecular weight is 1740 g/mol. The van der Waals surface area contributed by atoms with Crippen LogP contribution in [0.2, 0.25) is 10.0 Å². The molecule has 43 heteroatoms. The monoisotopic (exact) mass is 1740 g/mol. The van der Waals surface area contributed by atoms with Crippen molar-refractivity contribution in [3.63, 3.8) is 0 Å². The number of primary amides is 1. The van der Waals surface area contributed by atoms with Gasteiger partial charge in [0.05, 0.1) is 35.9 Å². The van der Waals surface area contributed by atoms with Gasteiger partial charge in [-0.05, 0) is 125 Å². The van der Waals surface area contributed by atoms with Gasteiger partial charge in [-0.25, -0.2) is 4.79 Å². The summed E-state index contributed by atoms with van der Waals surface area (Å²) in [5.41, 5.74) is 14.8. The van der Waals surface area contributed by atoms with E-state index in [0.717, 1.165) is 97.9 Å². The van der Waals surface area contributed by atoms with Gasteiger partial charge in [-0.3, -0.25) is 33.6 Å². The lowest BCUT2D eigenvalue weighted by molar-refractivity contribution is -0.284. The van der Waals surface area contributed by atoms with E-state index in [9.17, 15) is 95.8 Å². The summed E-state index contributed by atoms with van der Waals surface area (Å²) in [5.74, 6) is -19.5. The fourth-order valence-corrected chi connectivity index (χ4v) is 15.6. The van der Waals surface area contributed by atoms with Gasteiger partial charge in [0.25, 0.3) is 0 Å². The number of aliphatic carboxylic acids is 1. The van der Waals surface area contributed by atoms with E-state index in [1.54, 1.807) is 0 Å². The maximum Gasteiger partial charge on any atom is 0.330 e. The zero-order valence-electron chi connectivity index (χ0n) is 63.3. The molecule has 648 valence electrons. The quantitative estimate of drug-likeness (QED) is 0.0519. The molecule has 0 aromatic heterocycles. The molecule has 24 atom stereocenters. The van der Waals surface area contributed by atoms with Crippen LogP contribution in [-0.2, 0) is 57.3 Å². The molecule has 7 aromatic carbocycles. The molecule has 27 N–H and O–H groups in total. The number of carboxylic acids is 1. The van der Waals surface area contributed by atoms with Crippen LogP contribution >= 0.6 is 23.2 Å². The molecule has 122 heavy (non-hydrogen) atoms. The van der Waals surface area contributed by atoms with E-state index >= 15 is 19.2 Å². The summed E-state index contributed by atoms with van der Waals surface area (Å²) in [4.78, 5) is 120. The lowest BCUT2D eigenvalue weighted by Gasteiger charge is -2.44. The number of amides is 7. The zero-order valence-corrected chi connectivity index (χ0v) is 64.8. The number of carbonyl (C=O) groups is 8. The standard InChI is InChI=1S/C79H81Cl2N9O32/c1-25(94)85-59-65(103)62(100)50(23-92)119-78(59)121-68-29-5-9-44(40(81)14-29)116-48-17-31-16-47(69(48)122-77-54(83)64(102)61(99)49(22-91)118-77)115-43-8-4-26(13-39(43)80)35-21-36(35)71(107)86-56(30-10-32(95)18-34(11-30)114-45-15-27(2-7-42(45)98)53(82)70(84)106)73(109)88-57(31)74(110)87-55-28-3-6-41(97)37(12-28)52-38(58(76(112)113)89-75(111)60(68)90-72(55)108)19-33(96)20-46(52)117-79-67(105)66(104)63(101)51(24-93)120-79/h2-20,35-36,49-51,53-68,77-79,91-93,95-105H,21-24,82-83H2,1H3,(H2,84,106)(H,85,94)(H,86,107)(H,87,110)(H,88,109)(H,89,111)(H,90,108)(H,112,113)/t35?,36-,49-,50-,51?,53?,54?,55?,56+,57-,58-,59?,60?,61?,62?,63-,64-,65-,66?,67?,68?,77+,78+,79+/m1/s1. The molecule has 41 nitrogen and oxygen atoms in total. The van der Waals surface area contributed by atoms with E-state index in [1.165, 1.54) is 24.3 Å². The highest BCUT2D eigenvalue weighted by atomic mass is 35.5.